The second kappa shape index (κ2) is 8.31. The molecule has 7 heteroatoms. The Labute approximate surface area is 191 Å². The number of aliphatic imine (C=N–C) groups is 1. The number of aromatic nitrogens is 1. The number of hydrogen-bond acceptors (Lipinski definition) is 4. The molecule has 3 aromatic rings. The summed E-state index contributed by atoms with van der Waals surface area (Å²) in [6.07, 6.45) is 4.88. The molecule has 0 radical (unpaired) electrons. The summed E-state index contributed by atoms with van der Waals surface area (Å²) in [6, 6.07) is 15.7. The van der Waals surface area contributed by atoms with Gasteiger partial charge in [0, 0.05) is 72.2 Å². The first-order valence-electron chi connectivity index (χ1n) is 10.6. The van der Waals surface area contributed by atoms with E-state index in [9.17, 15) is 9.59 Å². The standard InChI is InChI=1S/C25H24N4O2S/c1-28-9-8-17-12-22-23(13-21(17)28)32-15-20(25(31)29(22)2)27-24(30)18-11-19(26-14-18)10-16-6-4-3-5-7-16/h3-9,12-14,20H,10-11,15H2,1-2H3,(H,27,30)/t20-/m0/s1. The number of nitrogens with zero attached hydrogens (tertiary/aromatic N) is 3. The van der Waals surface area contributed by atoms with Gasteiger partial charge in [0.05, 0.1) is 5.69 Å². The van der Waals surface area contributed by atoms with Crippen LogP contribution in [0.5, 0.6) is 0 Å². The third-order valence-corrected chi connectivity index (χ3v) is 7.14. The molecule has 0 bridgehead atoms. The summed E-state index contributed by atoms with van der Waals surface area (Å²) >= 11 is 1.60. The zero-order chi connectivity index (χ0) is 22.2. The Hall–Kier alpha value is -3.32. The molecule has 32 heavy (non-hydrogen) atoms. The maximum absolute atomic E-state index is 13.1. The van der Waals surface area contributed by atoms with Crippen LogP contribution in [-0.2, 0) is 23.1 Å². The van der Waals surface area contributed by atoms with Crippen molar-refractivity contribution in [1.29, 1.82) is 0 Å². The maximum atomic E-state index is 13.1. The average molecular weight is 445 g/mol. The Morgan fingerprint density at radius 1 is 1.19 bits per heavy atom. The molecule has 2 aliphatic heterocycles. The van der Waals surface area contributed by atoms with Crippen LogP contribution in [0.4, 0.5) is 5.69 Å². The van der Waals surface area contributed by atoms with Gasteiger partial charge >= 0.3 is 0 Å². The van der Waals surface area contributed by atoms with Gasteiger partial charge in [-0.3, -0.25) is 14.6 Å². The topological polar surface area (TPSA) is 66.7 Å². The number of amides is 2. The van der Waals surface area contributed by atoms with Crippen molar-refractivity contribution in [2.75, 3.05) is 17.7 Å². The van der Waals surface area contributed by atoms with Crippen LogP contribution in [0, 0.1) is 0 Å². The molecule has 1 N–H and O–H groups in total. The summed E-state index contributed by atoms with van der Waals surface area (Å²) < 4.78 is 2.07. The van der Waals surface area contributed by atoms with Crippen LogP contribution < -0.4 is 10.2 Å². The number of aryl methyl sites for hydroxylation is 1. The monoisotopic (exact) mass is 444 g/mol. The van der Waals surface area contributed by atoms with Gasteiger partial charge in [-0.15, -0.1) is 11.8 Å². The van der Waals surface area contributed by atoms with Gasteiger partial charge in [0.15, 0.2) is 0 Å². The zero-order valence-electron chi connectivity index (χ0n) is 18.0. The van der Waals surface area contributed by atoms with Gasteiger partial charge in [-0.25, -0.2) is 0 Å². The lowest BCUT2D eigenvalue weighted by molar-refractivity contribution is -0.125. The molecule has 2 aliphatic rings. The number of carbonyl (C=O) groups is 2. The van der Waals surface area contributed by atoms with Crippen molar-refractivity contribution in [3.63, 3.8) is 0 Å². The van der Waals surface area contributed by atoms with Crippen LogP contribution in [0.3, 0.4) is 0 Å². The van der Waals surface area contributed by atoms with Crippen molar-refractivity contribution in [1.82, 2.24) is 9.88 Å². The van der Waals surface area contributed by atoms with Crippen LogP contribution in [0.1, 0.15) is 12.0 Å². The number of benzene rings is 2. The highest BCUT2D eigenvalue weighted by atomic mass is 32.2. The normalized spacial score (nSPS) is 18.2. The Bertz CT molecular complexity index is 1280. The molecule has 1 atom stereocenters. The van der Waals surface area contributed by atoms with E-state index in [4.69, 9.17) is 0 Å². The molecule has 6 nitrogen and oxygen atoms in total. The molecule has 0 aliphatic carbocycles. The van der Waals surface area contributed by atoms with Crippen molar-refractivity contribution in [3.8, 4) is 0 Å². The fraction of sp³-hybridized carbons (Fsp3) is 0.240. The second-order valence-corrected chi connectivity index (χ2v) is 9.29. The Morgan fingerprint density at radius 3 is 2.81 bits per heavy atom. The predicted molar refractivity (Wildman–Crippen MR) is 129 cm³/mol. The van der Waals surface area contributed by atoms with E-state index in [1.54, 1.807) is 29.9 Å². The molecular weight excluding hydrogens is 420 g/mol. The molecule has 5 rings (SSSR count). The zero-order valence-corrected chi connectivity index (χ0v) is 18.9. The van der Waals surface area contributed by atoms with E-state index in [-0.39, 0.29) is 11.8 Å². The van der Waals surface area contributed by atoms with E-state index in [2.05, 4.69) is 33.1 Å². The average Bonchev–Trinajstić information content (AvgIpc) is 3.39. The molecule has 1 aromatic heterocycles. The Balaban J connectivity index is 1.26. The molecule has 0 spiro atoms. The minimum atomic E-state index is -0.591. The molecule has 0 unspecified atom stereocenters. The van der Waals surface area contributed by atoms with Crippen molar-refractivity contribution in [2.24, 2.45) is 12.0 Å². The number of anilines is 1. The van der Waals surface area contributed by atoms with Crippen LogP contribution >= 0.6 is 11.8 Å². The number of rotatable bonds is 4. The van der Waals surface area contributed by atoms with E-state index in [0.29, 0.717) is 17.7 Å². The third kappa shape index (κ3) is 3.84. The summed E-state index contributed by atoms with van der Waals surface area (Å²) in [7, 11) is 3.79. The molecule has 0 saturated heterocycles. The highest BCUT2D eigenvalue weighted by Gasteiger charge is 2.31. The van der Waals surface area contributed by atoms with E-state index < -0.39 is 6.04 Å². The summed E-state index contributed by atoms with van der Waals surface area (Å²) in [5.74, 6) is 0.159. The number of thioether (sulfide) groups is 1. The van der Waals surface area contributed by atoms with Crippen molar-refractivity contribution in [3.05, 3.63) is 72.1 Å². The predicted octanol–water partition coefficient (Wildman–Crippen LogP) is 3.70. The number of nitrogens with one attached hydrogen (secondary N) is 1. The van der Waals surface area contributed by atoms with Gasteiger partial charge < -0.3 is 14.8 Å². The molecule has 2 aromatic carbocycles. The van der Waals surface area contributed by atoms with Gasteiger partial charge in [-0.05, 0) is 23.8 Å². The number of hydrogen-bond donors (Lipinski definition) is 1. The van der Waals surface area contributed by atoms with E-state index in [1.165, 1.54) is 5.56 Å². The minimum absolute atomic E-state index is 0.107. The lowest BCUT2D eigenvalue weighted by Crippen LogP contribution is -2.48. The molecule has 3 heterocycles. The smallest absolute Gasteiger partial charge is 0.250 e. The van der Waals surface area contributed by atoms with Gasteiger partial charge in [0.2, 0.25) is 11.8 Å². The fourth-order valence-electron chi connectivity index (χ4n) is 4.17. The Morgan fingerprint density at radius 2 is 2.00 bits per heavy atom. The lowest BCUT2D eigenvalue weighted by atomic mass is 10.0. The molecule has 0 fully saturated rings. The summed E-state index contributed by atoms with van der Waals surface area (Å²) in [4.78, 5) is 33.2. The SMILES string of the molecule is CN1C(=O)[C@@H](NC(=O)C2=CN=C(Cc3ccccc3)C2)CSc2cc3c(ccn3C)cc21. The Kier molecular flexibility index (Phi) is 5.35. The first kappa shape index (κ1) is 20.6. The van der Waals surface area contributed by atoms with E-state index >= 15 is 0 Å². The molecular formula is C25H24N4O2S. The largest absolute Gasteiger partial charge is 0.351 e. The van der Waals surface area contributed by atoms with Gasteiger partial charge in [0.1, 0.15) is 6.04 Å². The van der Waals surface area contributed by atoms with Crippen molar-refractivity contribution < 1.29 is 9.59 Å². The van der Waals surface area contributed by atoms with Gasteiger partial charge in [0.25, 0.3) is 0 Å². The van der Waals surface area contributed by atoms with Crippen LogP contribution in [0.25, 0.3) is 10.9 Å². The van der Waals surface area contributed by atoms with E-state index in [0.717, 1.165) is 33.6 Å². The quantitative estimate of drug-likeness (QED) is 0.667. The van der Waals surface area contributed by atoms with Crippen molar-refractivity contribution >= 4 is 45.9 Å². The third-order valence-electron chi connectivity index (χ3n) is 6.01. The second-order valence-electron chi connectivity index (χ2n) is 8.23. The summed E-state index contributed by atoms with van der Waals surface area (Å²) in [5, 5.41) is 4.04. The van der Waals surface area contributed by atoms with Crippen LogP contribution in [-0.4, -0.2) is 40.9 Å². The molecule has 2 amide bonds. The maximum Gasteiger partial charge on any atom is 0.250 e. The van der Waals surface area contributed by atoms with Crippen LogP contribution in [0.2, 0.25) is 0 Å². The van der Waals surface area contributed by atoms with Gasteiger partial charge in [-0.1, -0.05) is 30.3 Å². The van der Waals surface area contributed by atoms with Crippen molar-refractivity contribution in [2.45, 2.75) is 23.8 Å². The highest BCUT2D eigenvalue weighted by molar-refractivity contribution is 7.99. The summed E-state index contributed by atoms with van der Waals surface area (Å²) in [5.41, 5.74) is 4.73. The number of likely N-dealkylation sites (N-methyl/N-ethyl adjacent to an activating group) is 1. The first-order chi connectivity index (χ1) is 15.5. The van der Waals surface area contributed by atoms with E-state index in [1.807, 2.05) is 43.6 Å². The fourth-order valence-corrected chi connectivity index (χ4v) is 5.28. The van der Waals surface area contributed by atoms with Gasteiger partial charge in [-0.2, -0.15) is 0 Å². The summed E-state index contributed by atoms with van der Waals surface area (Å²) in [6.45, 7) is 0. The molecule has 0 saturated carbocycles. The minimum Gasteiger partial charge on any atom is -0.351 e. The number of carbonyl (C=O) groups excluding carboxylic acids is 2. The molecule has 162 valence electrons. The lowest BCUT2D eigenvalue weighted by Gasteiger charge is -2.22. The highest BCUT2D eigenvalue weighted by Crippen LogP contribution is 2.37. The number of fused-ring (bicyclic) bond motifs is 2. The first-order valence-corrected chi connectivity index (χ1v) is 11.6. The van der Waals surface area contributed by atoms with Crippen LogP contribution in [0.15, 0.2) is 76.4 Å².